The summed E-state index contributed by atoms with van der Waals surface area (Å²) in [5, 5.41) is 2.29. The van der Waals surface area contributed by atoms with Crippen molar-refractivity contribution in [2.24, 2.45) is 0 Å². The van der Waals surface area contributed by atoms with Crippen LogP contribution in [-0.4, -0.2) is 32.8 Å². The van der Waals surface area contributed by atoms with Crippen molar-refractivity contribution < 1.29 is 9.59 Å². The number of aromatic nitrogens is 2. The largest absolute Gasteiger partial charge is 0.347 e. The van der Waals surface area contributed by atoms with Crippen LogP contribution in [0.3, 0.4) is 0 Å². The zero-order valence-corrected chi connectivity index (χ0v) is 8.50. The fraction of sp³-hybridized carbons (Fsp3) is 0.375. The highest BCUT2D eigenvalue weighted by atomic mass is 35.5. The van der Waals surface area contributed by atoms with Crippen molar-refractivity contribution in [2.75, 3.05) is 0 Å². The number of carbonyl (C=O) groups is 2. The Kier molecular flexibility index (Phi) is 2.15. The van der Waals surface area contributed by atoms with E-state index in [9.17, 15) is 9.59 Å². The SMILES string of the molecule is Cl.O=C1NC(=O)N2Cc3[nH]cnc3C[C@@H]12. The summed E-state index contributed by atoms with van der Waals surface area (Å²) in [7, 11) is 0. The van der Waals surface area contributed by atoms with E-state index in [4.69, 9.17) is 0 Å². The Morgan fingerprint density at radius 2 is 2.27 bits per heavy atom. The normalized spacial score (nSPS) is 22.9. The molecule has 0 unspecified atom stereocenters. The molecule has 1 saturated heterocycles. The van der Waals surface area contributed by atoms with Crippen molar-refractivity contribution in [3.63, 3.8) is 0 Å². The van der Waals surface area contributed by atoms with Crippen molar-refractivity contribution in [1.29, 1.82) is 0 Å². The van der Waals surface area contributed by atoms with E-state index in [0.29, 0.717) is 13.0 Å². The number of halogens is 1. The van der Waals surface area contributed by atoms with E-state index in [1.165, 1.54) is 4.90 Å². The van der Waals surface area contributed by atoms with Crippen LogP contribution in [0.2, 0.25) is 0 Å². The van der Waals surface area contributed by atoms with Crippen LogP contribution < -0.4 is 5.32 Å². The van der Waals surface area contributed by atoms with E-state index < -0.39 is 0 Å². The van der Waals surface area contributed by atoms with Crippen molar-refractivity contribution in [1.82, 2.24) is 20.2 Å². The number of imidazole rings is 1. The van der Waals surface area contributed by atoms with Gasteiger partial charge in [0.2, 0.25) is 0 Å². The molecule has 0 saturated carbocycles. The number of hydrogen-bond acceptors (Lipinski definition) is 3. The van der Waals surface area contributed by atoms with Gasteiger partial charge in [0.1, 0.15) is 6.04 Å². The molecule has 0 aliphatic carbocycles. The van der Waals surface area contributed by atoms with E-state index in [0.717, 1.165) is 11.4 Å². The Balaban J connectivity index is 0.000000853. The molecule has 2 aliphatic heterocycles. The lowest BCUT2D eigenvalue weighted by atomic mass is 10.0. The molecule has 3 rings (SSSR count). The van der Waals surface area contributed by atoms with Gasteiger partial charge in [0.25, 0.3) is 5.91 Å². The topological polar surface area (TPSA) is 78.1 Å². The van der Waals surface area contributed by atoms with Gasteiger partial charge in [0, 0.05) is 6.42 Å². The third-order valence-electron chi connectivity index (χ3n) is 2.69. The summed E-state index contributed by atoms with van der Waals surface area (Å²) in [6.45, 7) is 0.442. The summed E-state index contributed by atoms with van der Waals surface area (Å²) in [5.74, 6) is -0.219. The standard InChI is InChI=1S/C8H8N4O2.ClH/c13-7-6-1-4-5(10-3-9-4)2-12(6)8(14)11-7;/h3,6H,1-2H2,(H,9,10)(H,11,13,14);1H/t6-;/m0./s1. The summed E-state index contributed by atoms with van der Waals surface area (Å²) in [4.78, 5) is 31.2. The van der Waals surface area contributed by atoms with Gasteiger partial charge in [-0.05, 0) is 0 Å². The van der Waals surface area contributed by atoms with Crippen molar-refractivity contribution in [3.05, 3.63) is 17.7 Å². The average Bonchev–Trinajstić information content (AvgIpc) is 2.70. The first-order chi connectivity index (χ1) is 6.75. The van der Waals surface area contributed by atoms with Crippen molar-refractivity contribution in [3.8, 4) is 0 Å². The number of rotatable bonds is 0. The first kappa shape index (κ1) is 9.97. The van der Waals surface area contributed by atoms with Crippen LogP contribution >= 0.6 is 12.4 Å². The Morgan fingerprint density at radius 3 is 3.07 bits per heavy atom. The van der Waals surface area contributed by atoms with Gasteiger partial charge in [-0.3, -0.25) is 10.1 Å². The smallest absolute Gasteiger partial charge is 0.325 e. The minimum atomic E-state index is -0.363. The molecular weight excluding hydrogens is 220 g/mol. The highest BCUT2D eigenvalue weighted by molar-refractivity contribution is 6.04. The second-order valence-corrected chi connectivity index (χ2v) is 3.47. The summed E-state index contributed by atoms with van der Waals surface area (Å²) in [6, 6.07) is -0.668. The van der Waals surface area contributed by atoms with Crippen molar-refractivity contribution >= 4 is 24.3 Å². The molecule has 1 aromatic rings. The fourth-order valence-corrected chi connectivity index (χ4v) is 1.94. The second kappa shape index (κ2) is 3.23. The maximum absolute atomic E-state index is 11.3. The number of fused-ring (bicyclic) bond motifs is 2. The monoisotopic (exact) mass is 228 g/mol. The number of carbonyl (C=O) groups excluding carboxylic acids is 2. The van der Waals surface area contributed by atoms with Crippen LogP contribution in [0.5, 0.6) is 0 Å². The molecule has 0 aromatic carbocycles. The van der Waals surface area contributed by atoms with E-state index in [-0.39, 0.29) is 30.4 Å². The fourth-order valence-electron chi connectivity index (χ4n) is 1.94. The molecule has 0 radical (unpaired) electrons. The van der Waals surface area contributed by atoms with E-state index in [2.05, 4.69) is 15.3 Å². The Labute approximate surface area is 91.5 Å². The van der Waals surface area contributed by atoms with Gasteiger partial charge in [0.05, 0.1) is 24.3 Å². The van der Waals surface area contributed by atoms with E-state index in [1.54, 1.807) is 6.33 Å². The van der Waals surface area contributed by atoms with E-state index in [1.807, 2.05) is 0 Å². The van der Waals surface area contributed by atoms with Gasteiger partial charge in [0.15, 0.2) is 0 Å². The highest BCUT2D eigenvalue weighted by Gasteiger charge is 2.42. The number of hydrogen-bond donors (Lipinski definition) is 2. The quantitative estimate of drug-likeness (QED) is 0.604. The summed E-state index contributed by atoms with van der Waals surface area (Å²) in [6.07, 6.45) is 2.10. The first-order valence-electron chi connectivity index (χ1n) is 4.38. The highest BCUT2D eigenvalue weighted by Crippen LogP contribution is 2.23. The van der Waals surface area contributed by atoms with Gasteiger partial charge in [-0.25, -0.2) is 9.78 Å². The third kappa shape index (κ3) is 1.29. The van der Waals surface area contributed by atoms with Gasteiger partial charge in [-0.2, -0.15) is 0 Å². The lowest BCUT2D eigenvalue weighted by molar-refractivity contribution is -0.121. The maximum Gasteiger partial charge on any atom is 0.325 e. The number of nitrogens with zero attached hydrogens (tertiary/aromatic N) is 2. The van der Waals surface area contributed by atoms with Crippen LogP contribution in [0.25, 0.3) is 0 Å². The number of urea groups is 1. The Bertz CT molecular complexity index is 394. The van der Waals surface area contributed by atoms with Gasteiger partial charge < -0.3 is 9.88 Å². The van der Waals surface area contributed by atoms with Gasteiger partial charge >= 0.3 is 6.03 Å². The maximum atomic E-state index is 11.3. The first-order valence-corrected chi connectivity index (χ1v) is 4.38. The van der Waals surface area contributed by atoms with Crippen LogP contribution in [0, 0.1) is 0 Å². The molecule has 80 valence electrons. The molecule has 3 amide bonds. The van der Waals surface area contributed by atoms with Crippen LogP contribution in [0.4, 0.5) is 4.79 Å². The molecule has 15 heavy (non-hydrogen) atoms. The van der Waals surface area contributed by atoms with Gasteiger partial charge in [-0.1, -0.05) is 0 Å². The minimum absolute atomic E-state index is 0. The van der Waals surface area contributed by atoms with Crippen molar-refractivity contribution in [2.45, 2.75) is 19.0 Å². The summed E-state index contributed by atoms with van der Waals surface area (Å²) >= 11 is 0. The lowest BCUT2D eigenvalue weighted by Gasteiger charge is -2.25. The molecule has 1 fully saturated rings. The predicted octanol–water partition coefficient (Wildman–Crippen LogP) is -0.192. The molecular formula is C8H9ClN4O2. The Hall–Kier alpha value is -1.56. The Morgan fingerprint density at radius 1 is 1.47 bits per heavy atom. The van der Waals surface area contributed by atoms with E-state index >= 15 is 0 Å². The molecule has 2 aliphatic rings. The number of H-pyrrole nitrogens is 1. The zero-order chi connectivity index (χ0) is 9.71. The summed E-state index contributed by atoms with van der Waals surface area (Å²) in [5.41, 5.74) is 1.81. The molecule has 1 aromatic heterocycles. The second-order valence-electron chi connectivity index (χ2n) is 3.47. The summed E-state index contributed by atoms with van der Waals surface area (Å²) < 4.78 is 0. The van der Waals surface area contributed by atoms with Crippen LogP contribution in [0.15, 0.2) is 6.33 Å². The predicted molar refractivity (Wildman–Crippen MR) is 52.4 cm³/mol. The number of imide groups is 1. The molecule has 0 bridgehead atoms. The molecule has 7 heteroatoms. The molecule has 0 spiro atoms. The minimum Gasteiger partial charge on any atom is -0.347 e. The number of amides is 3. The molecule has 3 heterocycles. The van der Waals surface area contributed by atoms with Crippen LogP contribution in [0.1, 0.15) is 11.4 Å². The number of aromatic amines is 1. The molecule has 6 nitrogen and oxygen atoms in total. The van der Waals surface area contributed by atoms with Gasteiger partial charge in [-0.15, -0.1) is 12.4 Å². The zero-order valence-electron chi connectivity index (χ0n) is 7.69. The molecule has 1 atom stereocenters. The van der Waals surface area contributed by atoms with Crippen LogP contribution in [-0.2, 0) is 17.8 Å². The molecule has 2 N–H and O–H groups in total. The average molecular weight is 229 g/mol. The lowest BCUT2D eigenvalue weighted by Crippen LogP contribution is -2.40. The number of nitrogens with one attached hydrogen (secondary N) is 2. The third-order valence-corrected chi connectivity index (χ3v) is 2.69.